The van der Waals surface area contributed by atoms with Crippen molar-refractivity contribution in [2.24, 2.45) is 0 Å². The van der Waals surface area contributed by atoms with E-state index in [0.717, 1.165) is 19.5 Å². The maximum absolute atomic E-state index is 10.6. The summed E-state index contributed by atoms with van der Waals surface area (Å²) in [5.74, 6) is -0.0845. The highest BCUT2D eigenvalue weighted by atomic mass is 79.9. The number of rotatable bonds is 5. The van der Waals surface area contributed by atoms with E-state index < -0.39 is 0 Å². The first-order valence-electron chi connectivity index (χ1n) is 3.86. The van der Waals surface area contributed by atoms with Crippen LogP contribution in [0, 0.1) is 0 Å². The summed E-state index contributed by atoms with van der Waals surface area (Å²) in [5.41, 5.74) is 0. The predicted octanol–water partition coefficient (Wildman–Crippen LogP) is -4.17. The summed E-state index contributed by atoms with van der Waals surface area (Å²) in [6, 6.07) is 0. The molecule has 12 heavy (non-hydrogen) atoms. The fraction of sp³-hybridized carbons (Fsp3) is 0.625. The minimum atomic E-state index is -0.0845. The lowest BCUT2D eigenvalue weighted by Crippen LogP contribution is -3.05. The van der Waals surface area contributed by atoms with Gasteiger partial charge < -0.3 is 27.2 Å². The van der Waals surface area contributed by atoms with Crippen LogP contribution in [0.25, 0.3) is 0 Å². The van der Waals surface area contributed by atoms with Gasteiger partial charge in [-0.15, -0.1) is 0 Å². The lowest BCUT2D eigenvalue weighted by atomic mass is 10.4. The van der Waals surface area contributed by atoms with Crippen LogP contribution in [0.5, 0.6) is 0 Å². The highest BCUT2D eigenvalue weighted by molar-refractivity contribution is 5.86. The molecule has 0 aromatic heterocycles. The Hall–Kier alpha value is -0.350. The molecule has 0 atom stereocenters. The summed E-state index contributed by atoms with van der Waals surface area (Å²) in [5, 5.41) is 2.72. The summed E-state index contributed by atoms with van der Waals surface area (Å²) in [6.07, 6.45) is 2.31. The van der Waals surface area contributed by atoms with Crippen molar-refractivity contribution in [1.29, 1.82) is 0 Å². The predicted molar refractivity (Wildman–Crippen MR) is 45.5 cm³/mol. The van der Waals surface area contributed by atoms with Gasteiger partial charge in [0.15, 0.2) is 0 Å². The monoisotopic (exact) mass is 236 g/mol. The molecular weight excluding hydrogens is 220 g/mol. The van der Waals surface area contributed by atoms with Gasteiger partial charge >= 0.3 is 0 Å². The van der Waals surface area contributed by atoms with E-state index in [2.05, 4.69) is 26.0 Å². The molecule has 0 heterocycles. The first-order chi connectivity index (χ1) is 5.16. The van der Waals surface area contributed by atoms with Gasteiger partial charge in [-0.1, -0.05) is 6.58 Å². The average Bonchev–Trinajstić information content (AvgIpc) is 1.97. The molecule has 0 aliphatic heterocycles. The van der Waals surface area contributed by atoms with Crippen molar-refractivity contribution < 1.29 is 26.7 Å². The van der Waals surface area contributed by atoms with Crippen LogP contribution in [-0.4, -0.2) is 33.1 Å². The van der Waals surface area contributed by atoms with Crippen molar-refractivity contribution in [3.63, 3.8) is 0 Å². The second kappa shape index (κ2) is 8.74. The summed E-state index contributed by atoms with van der Waals surface area (Å²) in [7, 11) is 4.19. The Morgan fingerprint density at radius 2 is 2.17 bits per heavy atom. The molecule has 0 fully saturated rings. The molecule has 0 saturated heterocycles. The summed E-state index contributed by atoms with van der Waals surface area (Å²) < 4.78 is 0. The SMILES string of the molecule is C=CC(=O)NCCC[NH+](C)C.[Br-]. The normalized spacial score (nSPS) is 8.92. The molecule has 72 valence electrons. The number of halogens is 1. The van der Waals surface area contributed by atoms with Crippen molar-refractivity contribution in [2.45, 2.75) is 6.42 Å². The molecule has 0 saturated carbocycles. The molecule has 0 aromatic rings. The Kier molecular flexibility index (Phi) is 10.3. The van der Waals surface area contributed by atoms with Crippen molar-refractivity contribution in [3.05, 3.63) is 12.7 Å². The second-order valence-electron chi connectivity index (χ2n) is 2.81. The molecule has 0 aliphatic carbocycles. The highest BCUT2D eigenvalue weighted by Gasteiger charge is 1.94. The Morgan fingerprint density at radius 1 is 1.58 bits per heavy atom. The Labute approximate surface area is 84.6 Å². The summed E-state index contributed by atoms with van der Waals surface area (Å²) in [6.45, 7) is 5.18. The molecule has 0 radical (unpaired) electrons. The molecular formula is C8H17BrN2O. The van der Waals surface area contributed by atoms with Gasteiger partial charge in [0.2, 0.25) is 5.91 Å². The third-order valence-electron chi connectivity index (χ3n) is 1.34. The largest absolute Gasteiger partial charge is 1.00 e. The van der Waals surface area contributed by atoms with Gasteiger partial charge in [0, 0.05) is 13.0 Å². The van der Waals surface area contributed by atoms with Crippen LogP contribution >= 0.6 is 0 Å². The van der Waals surface area contributed by atoms with Gasteiger partial charge in [0.25, 0.3) is 0 Å². The van der Waals surface area contributed by atoms with E-state index >= 15 is 0 Å². The molecule has 0 aliphatic rings. The van der Waals surface area contributed by atoms with Gasteiger partial charge in [-0.05, 0) is 6.08 Å². The lowest BCUT2D eigenvalue weighted by molar-refractivity contribution is -0.858. The van der Waals surface area contributed by atoms with Crippen LogP contribution in [0.3, 0.4) is 0 Å². The molecule has 1 amide bonds. The molecule has 4 heteroatoms. The van der Waals surface area contributed by atoms with Crippen LogP contribution in [-0.2, 0) is 4.79 Å². The summed E-state index contributed by atoms with van der Waals surface area (Å²) >= 11 is 0. The Morgan fingerprint density at radius 3 is 2.58 bits per heavy atom. The standard InChI is InChI=1S/C8H16N2O.BrH/c1-4-8(11)9-6-5-7-10(2)3;/h4H,1,5-7H2,2-3H3,(H,9,11);1H. The van der Waals surface area contributed by atoms with Crippen LogP contribution in [0.15, 0.2) is 12.7 Å². The minimum Gasteiger partial charge on any atom is -1.00 e. The summed E-state index contributed by atoms with van der Waals surface area (Å²) in [4.78, 5) is 12.0. The third-order valence-corrected chi connectivity index (χ3v) is 1.34. The molecule has 0 unspecified atom stereocenters. The fourth-order valence-electron chi connectivity index (χ4n) is 0.726. The van der Waals surface area contributed by atoms with E-state index in [1.807, 2.05) is 0 Å². The van der Waals surface area contributed by atoms with Crippen molar-refractivity contribution in [2.75, 3.05) is 27.2 Å². The molecule has 0 aromatic carbocycles. The van der Waals surface area contributed by atoms with E-state index in [9.17, 15) is 4.79 Å². The van der Waals surface area contributed by atoms with Crippen LogP contribution in [0.4, 0.5) is 0 Å². The number of nitrogens with one attached hydrogen (secondary N) is 2. The lowest BCUT2D eigenvalue weighted by Gasteiger charge is -2.06. The van der Waals surface area contributed by atoms with E-state index in [0.29, 0.717) is 0 Å². The second-order valence-corrected chi connectivity index (χ2v) is 2.81. The average molecular weight is 237 g/mol. The quantitative estimate of drug-likeness (QED) is 0.369. The number of quaternary nitrogens is 1. The zero-order chi connectivity index (χ0) is 8.69. The molecule has 0 bridgehead atoms. The van der Waals surface area contributed by atoms with Crippen LogP contribution in [0.2, 0.25) is 0 Å². The zero-order valence-electron chi connectivity index (χ0n) is 7.69. The first-order valence-corrected chi connectivity index (χ1v) is 3.86. The van der Waals surface area contributed by atoms with Gasteiger partial charge in [0.1, 0.15) is 0 Å². The molecule has 0 rings (SSSR count). The number of hydrogen-bond donors (Lipinski definition) is 2. The van der Waals surface area contributed by atoms with E-state index in [1.54, 1.807) is 0 Å². The number of carbonyl (C=O) groups excluding carboxylic acids is 1. The maximum Gasteiger partial charge on any atom is 0.243 e. The smallest absolute Gasteiger partial charge is 0.243 e. The van der Waals surface area contributed by atoms with Crippen molar-refractivity contribution in [3.8, 4) is 0 Å². The minimum absolute atomic E-state index is 0. The first kappa shape index (κ1) is 14.2. The molecule has 3 nitrogen and oxygen atoms in total. The van der Waals surface area contributed by atoms with Gasteiger partial charge in [0.05, 0.1) is 20.6 Å². The number of hydrogen-bond acceptors (Lipinski definition) is 1. The zero-order valence-corrected chi connectivity index (χ0v) is 9.28. The maximum atomic E-state index is 10.6. The van der Waals surface area contributed by atoms with Crippen molar-refractivity contribution in [1.82, 2.24) is 5.32 Å². The van der Waals surface area contributed by atoms with E-state index in [1.165, 1.54) is 11.0 Å². The Bertz CT molecular complexity index is 137. The van der Waals surface area contributed by atoms with Gasteiger partial charge in [-0.25, -0.2) is 0 Å². The van der Waals surface area contributed by atoms with Gasteiger partial charge in [-0.2, -0.15) is 0 Å². The Balaban J connectivity index is 0. The highest BCUT2D eigenvalue weighted by Crippen LogP contribution is 1.70. The molecule has 2 N–H and O–H groups in total. The fourth-order valence-corrected chi connectivity index (χ4v) is 0.726. The topological polar surface area (TPSA) is 33.5 Å². The number of carbonyl (C=O) groups is 1. The van der Waals surface area contributed by atoms with E-state index in [-0.39, 0.29) is 22.9 Å². The van der Waals surface area contributed by atoms with Crippen LogP contribution < -0.4 is 27.2 Å². The third kappa shape index (κ3) is 9.65. The number of amides is 1. The molecule has 0 spiro atoms. The van der Waals surface area contributed by atoms with E-state index in [4.69, 9.17) is 0 Å². The van der Waals surface area contributed by atoms with Crippen molar-refractivity contribution >= 4 is 5.91 Å². The van der Waals surface area contributed by atoms with Gasteiger partial charge in [-0.3, -0.25) is 4.79 Å². The van der Waals surface area contributed by atoms with Crippen LogP contribution in [0.1, 0.15) is 6.42 Å².